The van der Waals surface area contributed by atoms with Crippen LogP contribution in [0.3, 0.4) is 0 Å². The average Bonchev–Trinajstić information content (AvgIpc) is 2.48. The number of aromatic nitrogens is 4. The summed E-state index contributed by atoms with van der Waals surface area (Å²) in [7, 11) is 1.55. The molecule has 0 amide bonds. The third kappa shape index (κ3) is 2.32. The van der Waals surface area contributed by atoms with Gasteiger partial charge in [-0.25, -0.2) is 14.8 Å². The van der Waals surface area contributed by atoms with Gasteiger partial charge in [-0.15, -0.1) is 0 Å². The van der Waals surface area contributed by atoms with Crippen molar-refractivity contribution in [3.05, 3.63) is 68.3 Å². The van der Waals surface area contributed by atoms with Gasteiger partial charge in [-0.3, -0.25) is 13.9 Å². The minimum absolute atomic E-state index is 0.201. The molecule has 6 nitrogen and oxygen atoms in total. The molecule has 0 aliphatic carbocycles. The predicted octanol–water partition coefficient (Wildman–Crippen LogP) is 1.16. The first-order chi connectivity index (χ1) is 10.5. The highest BCUT2D eigenvalue weighted by atomic mass is 16.1. The Bertz CT molecular complexity index is 986. The fourth-order valence-corrected chi connectivity index (χ4v) is 2.49. The highest BCUT2D eigenvalue weighted by Gasteiger charge is 2.09. The van der Waals surface area contributed by atoms with Crippen LogP contribution in [0.5, 0.6) is 0 Å². The van der Waals surface area contributed by atoms with Gasteiger partial charge in [0.2, 0.25) is 0 Å². The standard InChI is InChI=1S/C16H16N4O2/c1-10-4-5-12(11(2)6-10)8-20-9-18-14-13(15(20)21)7-17-16(22)19(14)3/h4-7,9H,8H2,1-3H3. The molecule has 2 aromatic heterocycles. The summed E-state index contributed by atoms with van der Waals surface area (Å²) >= 11 is 0. The smallest absolute Gasteiger partial charge is 0.294 e. The van der Waals surface area contributed by atoms with Crippen LogP contribution in [0.25, 0.3) is 11.0 Å². The number of benzene rings is 1. The molecule has 0 aliphatic rings. The van der Waals surface area contributed by atoms with E-state index in [2.05, 4.69) is 16.0 Å². The van der Waals surface area contributed by atoms with Gasteiger partial charge in [-0.2, -0.15) is 0 Å². The molecule has 112 valence electrons. The fourth-order valence-electron chi connectivity index (χ4n) is 2.49. The van der Waals surface area contributed by atoms with Gasteiger partial charge in [0.05, 0.1) is 6.54 Å². The quantitative estimate of drug-likeness (QED) is 0.711. The first-order valence-corrected chi connectivity index (χ1v) is 6.94. The first-order valence-electron chi connectivity index (χ1n) is 6.94. The molecule has 0 unspecified atom stereocenters. The molecule has 0 bridgehead atoms. The Balaban J connectivity index is 2.13. The van der Waals surface area contributed by atoms with Crippen molar-refractivity contribution >= 4 is 11.0 Å². The minimum Gasteiger partial charge on any atom is -0.294 e. The van der Waals surface area contributed by atoms with Gasteiger partial charge in [0, 0.05) is 13.2 Å². The Kier molecular flexibility index (Phi) is 3.36. The van der Waals surface area contributed by atoms with E-state index in [1.165, 1.54) is 27.2 Å². The monoisotopic (exact) mass is 296 g/mol. The van der Waals surface area contributed by atoms with Crippen LogP contribution in [0.4, 0.5) is 0 Å². The Morgan fingerprint density at radius 3 is 2.64 bits per heavy atom. The Hall–Kier alpha value is -2.76. The Morgan fingerprint density at radius 2 is 1.91 bits per heavy atom. The molecule has 3 aromatic rings. The number of rotatable bonds is 2. The zero-order valence-corrected chi connectivity index (χ0v) is 12.7. The number of hydrogen-bond donors (Lipinski definition) is 0. The van der Waals surface area contributed by atoms with Gasteiger partial charge in [0.15, 0.2) is 5.65 Å². The van der Waals surface area contributed by atoms with E-state index in [9.17, 15) is 9.59 Å². The summed E-state index contributed by atoms with van der Waals surface area (Å²) in [5.41, 5.74) is 3.10. The molecule has 0 N–H and O–H groups in total. The maximum absolute atomic E-state index is 12.5. The second-order valence-corrected chi connectivity index (χ2v) is 5.44. The summed E-state index contributed by atoms with van der Waals surface area (Å²) in [5, 5.41) is 0.342. The van der Waals surface area contributed by atoms with Crippen LogP contribution in [0, 0.1) is 13.8 Å². The first kappa shape index (κ1) is 14.2. The van der Waals surface area contributed by atoms with Gasteiger partial charge in [0.1, 0.15) is 11.7 Å². The topological polar surface area (TPSA) is 69.8 Å². The van der Waals surface area contributed by atoms with E-state index in [-0.39, 0.29) is 5.56 Å². The lowest BCUT2D eigenvalue weighted by Gasteiger charge is -2.10. The summed E-state index contributed by atoms with van der Waals surface area (Å²) in [5.74, 6) is 0. The number of nitrogens with zero attached hydrogens (tertiary/aromatic N) is 4. The van der Waals surface area contributed by atoms with Crippen LogP contribution in [0.2, 0.25) is 0 Å². The fraction of sp³-hybridized carbons (Fsp3) is 0.250. The summed E-state index contributed by atoms with van der Waals surface area (Å²) in [6.45, 7) is 4.50. The van der Waals surface area contributed by atoms with Crippen LogP contribution >= 0.6 is 0 Å². The number of hydrogen-bond acceptors (Lipinski definition) is 4. The maximum atomic E-state index is 12.5. The predicted molar refractivity (Wildman–Crippen MR) is 84.1 cm³/mol. The zero-order chi connectivity index (χ0) is 15.9. The van der Waals surface area contributed by atoms with Crippen molar-refractivity contribution in [1.29, 1.82) is 0 Å². The zero-order valence-electron chi connectivity index (χ0n) is 12.7. The van der Waals surface area contributed by atoms with Crippen LogP contribution in [0.15, 0.2) is 40.3 Å². The lowest BCUT2D eigenvalue weighted by atomic mass is 10.1. The van der Waals surface area contributed by atoms with E-state index in [0.29, 0.717) is 17.6 Å². The van der Waals surface area contributed by atoms with Crippen molar-refractivity contribution in [2.45, 2.75) is 20.4 Å². The molecular weight excluding hydrogens is 280 g/mol. The van der Waals surface area contributed by atoms with Gasteiger partial charge < -0.3 is 0 Å². The summed E-state index contributed by atoms with van der Waals surface area (Å²) in [4.78, 5) is 32.0. The van der Waals surface area contributed by atoms with Gasteiger partial charge in [-0.05, 0) is 25.0 Å². The van der Waals surface area contributed by atoms with Crippen LogP contribution in [-0.4, -0.2) is 19.1 Å². The second-order valence-electron chi connectivity index (χ2n) is 5.44. The van der Waals surface area contributed by atoms with E-state index >= 15 is 0 Å². The van der Waals surface area contributed by atoms with E-state index < -0.39 is 5.69 Å². The third-order valence-corrected chi connectivity index (χ3v) is 3.80. The molecule has 0 spiro atoms. The molecule has 0 saturated heterocycles. The molecule has 0 saturated carbocycles. The molecule has 1 aromatic carbocycles. The third-order valence-electron chi connectivity index (χ3n) is 3.80. The highest BCUT2D eigenvalue weighted by molar-refractivity contribution is 5.72. The van der Waals surface area contributed by atoms with Crippen molar-refractivity contribution in [2.75, 3.05) is 0 Å². The molecule has 0 fully saturated rings. The van der Waals surface area contributed by atoms with E-state index in [0.717, 1.165) is 11.1 Å². The van der Waals surface area contributed by atoms with Crippen molar-refractivity contribution in [1.82, 2.24) is 19.1 Å². The largest absolute Gasteiger partial charge is 0.348 e. The molecule has 0 radical (unpaired) electrons. The lowest BCUT2D eigenvalue weighted by molar-refractivity contribution is 0.731. The summed E-state index contributed by atoms with van der Waals surface area (Å²) in [6, 6.07) is 6.12. The molecular formula is C16H16N4O2. The van der Waals surface area contributed by atoms with E-state index in [1.807, 2.05) is 26.0 Å². The second kappa shape index (κ2) is 5.22. The lowest BCUT2D eigenvalue weighted by Crippen LogP contribution is -2.27. The van der Waals surface area contributed by atoms with E-state index in [4.69, 9.17) is 0 Å². The van der Waals surface area contributed by atoms with E-state index in [1.54, 1.807) is 7.05 Å². The SMILES string of the molecule is Cc1ccc(Cn2cnc3c(cnc(=O)n3C)c2=O)c(C)c1. The van der Waals surface area contributed by atoms with Crippen LogP contribution in [-0.2, 0) is 13.6 Å². The van der Waals surface area contributed by atoms with Gasteiger partial charge >= 0.3 is 5.69 Å². The Morgan fingerprint density at radius 1 is 1.14 bits per heavy atom. The van der Waals surface area contributed by atoms with Crippen molar-refractivity contribution in [2.24, 2.45) is 7.05 Å². The van der Waals surface area contributed by atoms with Crippen molar-refractivity contribution in [3.63, 3.8) is 0 Å². The summed E-state index contributed by atoms with van der Waals surface area (Å²) < 4.78 is 2.81. The van der Waals surface area contributed by atoms with Gasteiger partial charge in [0.25, 0.3) is 5.56 Å². The number of aryl methyl sites for hydroxylation is 3. The molecule has 2 heterocycles. The molecule has 6 heteroatoms. The van der Waals surface area contributed by atoms with Crippen LogP contribution in [0.1, 0.15) is 16.7 Å². The van der Waals surface area contributed by atoms with Gasteiger partial charge in [-0.1, -0.05) is 23.8 Å². The normalized spacial score (nSPS) is 11.0. The Labute approximate surface area is 126 Å². The number of fused-ring (bicyclic) bond motifs is 1. The van der Waals surface area contributed by atoms with Crippen molar-refractivity contribution < 1.29 is 0 Å². The molecule has 3 rings (SSSR count). The average molecular weight is 296 g/mol. The van der Waals surface area contributed by atoms with Crippen molar-refractivity contribution in [3.8, 4) is 0 Å². The highest BCUT2D eigenvalue weighted by Crippen LogP contribution is 2.11. The minimum atomic E-state index is -0.425. The maximum Gasteiger partial charge on any atom is 0.348 e. The molecule has 22 heavy (non-hydrogen) atoms. The molecule has 0 atom stereocenters. The van der Waals surface area contributed by atoms with Crippen LogP contribution < -0.4 is 11.2 Å². The summed E-state index contributed by atoms with van der Waals surface area (Å²) in [6.07, 6.45) is 2.77. The molecule has 0 aliphatic heterocycles.